The normalized spacial score (nSPS) is 14.1. The minimum absolute atomic E-state index is 0.185. The van der Waals surface area contributed by atoms with Gasteiger partial charge in [0.2, 0.25) is 5.91 Å². The molecule has 142 valence electrons. The molecule has 10 heteroatoms. The number of methoxy groups -OCH3 is 3. The average Bonchev–Trinajstić information content (AvgIpc) is 2.60. The molecular formula is C14H30N2O5P2S. The minimum Gasteiger partial charge on any atom is -0.467 e. The number of esters is 1. The SMILES string of the molecule is CNC(CCSPP)C(=O)NC(CCCC(OC)OC)C(=O)OC. The summed E-state index contributed by atoms with van der Waals surface area (Å²) in [5.74, 6) is 0.258. The van der Waals surface area contributed by atoms with E-state index in [4.69, 9.17) is 14.2 Å². The zero-order chi connectivity index (χ0) is 18.4. The van der Waals surface area contributed by atoms with Crippen molar-refractivity contribution in [1.29, 1.82) is 0 Å². The molecule has 0 radical (unpaired) electrons. The first-order chi connectivity index (χ1) is 11.5. The van der Waals surface area contributed by atoms with Gasteiger partial charge in [0.1, 0.15) is 6.04 Å². The zero-order valence-electron chi connectivity index (χ0n) is 14.8. The van der Waals surface area contributed by atoms with E-state index in [9.17, 15) is 9.59 Å². The number of likely N-dealkylation sites (N-methyl/N-ethyl adjacent to an activating group) is 1. The van der Waals surface area contributed by atoms with Gasteiger partial charge in [-0.3, -0.25) is 4.79 Å². The number of nitrogens with one attached hydrogen (secondary N) is 2. The molecule has 0 saturated heterocycles. The van der Waals surface area contributed by atoms with Crippen molar-refractivity contribution in [2.45, 2.75) is 44.1 Å². The predicted molar refractivity (Wildman–Crippen MR) is 104 cm³/mol. The van der Waals surface area contributed by atoms with Crippen molar-refractivity contribution < 1.29 is 23.8 Å². The zero-order valence-corrected chi connectivity index (χ0v) is 17.8. The third kappa shape index (κ3) is 10.1. The summed E-state index contributed by atoms with van der Waals surface area (Å²) in [7, 11) is 9.59. The Hall–Kier alpha value is 0.0300. The third-order valence-corrected chi connectivity index (χ3v) is 6.74. The fourth-order valence-electron chi connectivity index (χ4n) is 2.13. The van der Waals surface area contributed by atoms with Gasteiger partial charge in [0, 0.05) is 14.2 Å². The van der Waals surface area contributed by atoms with Crippen LogP contribution in [0.2, 0.25) is 0 Å². The number of hydrogen-bond acceptors (Lipinski definition) is 7. The molecule has 0 fully saturated rings. The van der Waals surface area contributed by atoms with E-state index in [0.717, 1.165) is 13.2 Å². The van der Waals surface area contributed by atoms with Crippen LogP contribution < -0.4 is 10.6 Å². The summed E-state index contributed by atoms with van der Waals surface area (Å²) in [6.45, 7) is 0. The smallest absolute Gasteiger partial charge is 0.328 e. The van der Waals surface area contributed by atoms with E-state index in [-0.39, 0.29) is 18.2 Å². The molecular weight excluding hydrogens is 370 g/mol. The lowest BCUT2D eigenvalue weighted by molar-refractivity contribution is -0.146. The number of carbonyl (C=O) groups excluding carboxylic acids is 2. The molecule has 0 aliphatic carbocycles. The van der Waals surface area contributed by atoms with Crippen LogP contribution in [0, 0.1) is 0 Å². The van der Waals surface area contributed by atoms with E-state index in [1.165, 1.54) is 7.11 Å². The molecule has 0 heterocycles. The highest BCUT2D eigenvalue weighted by atomic mass is 32.9. The first kappa shape index (κ1) is 24.0. The summed E-state index contributed by atoms with van der Waals surface area (Å²) < 4.78 is 15.0. The monoisotopic (exact) mass is 400 g/mol. The van der Waals surface area contributed by atoms with Gasteiger partial charge in [-0.15, -0.1) is 20.3 Å². The van der Waals surface area contributed by atoms with Crippen LogP contribution in [-0.2, 0) is 23.8 Å². The largest absolute Gasteiger partial charge is 0.467 e. The molecule has 0 aliphatic rings. The van der Waals surface area contributed by atoms with Crippen LogP contribution in [0.3, 0.4) is 0 Å². The van der Waals surface area contributed by atoms with Crippen LogP contribution in [0.5, 0.6) is 0 Å². The van der Waals surface area contributed by atoms with Gasteiger partial charge in [-0.05, 0) is 46.0 Å². The van der Waals surface area contributed by atoms with Gasteiger partial charge in [0.05, 0.1) is 13.2 Å². The molecule has 0 aromatic heterocycles. The molecule has 0 rings (SSSR count). The van der Waals surface area contributed by atoms with E-state index in [1.54, 1.807) is 32.6 Å². The Bertz CT molecular complexity index is 362. The second-order valence-corrected chi connectivity index (χ2v) is 9.64. The van der Waals surface area contributed by atoms with Gasteiger partial charge in [0.15, 0.2) is 6.29 Å². The lowest BCUT2D eigenvalue weighted by Crippen LogP contribution is -2.49. The molecule has 24 heavy (non-hydrogen) atoms. The summed E-state index contributed by atoms with van der Waals surface area (Å²) >= 11 is 1.77. The predicted octanol–water partition coefficient (Wildman–Crippen LogP) is 1.53. The summed E-state index contributed by atoms with van der Waals surface area (Å²) in [4.78, 5) is 24.3. The quantitative estimate of drug-likeness (QED) is 0.198. The molecule has 0 aliphatic heterocycles. The van der Waals surface area contributed by atoms with Crippen LogP contribution in [0.25, 0.3) is 0 Å². The first-order valence-electron chi connectivity index (χ1n) is 7.72. The van der Waals surface area contributed by atoms with E-state index in [2.05, 4.69) is 19.6 Å². The number of amides is 1. The molecule has 0 bridgehead atoms. The number of ether oxygens (including phenoxy) is 3. The number of carbonyl (C=O) groups is 2. The van der Waals surface area contributed by atoms with Crippen molar-refractivity contribution in [2.24, 2.45) is 0 Å². The van der Waals surface area contributed by atoms with Crippen molar-refractivity contribution in [1.82, 2.24) is 10.6 Å². The third-order valence-electron chi connectivity index (χ3n) is 3.52. The summed E-state index contributed by atoms with van der Waals surface area (Å²) in [6, 6.07) is -0.985. The highest BCUT2D eigenvalue weighted by Crippen LogP contribution is 2.36. The van der Waals surface area contributed by atoms with E-state index >= 15 is 0 Å². The van der Waals surface area contributed by atoms with E-state index in [1.807, 2.05) is 0 Å². The molecule has 0 aromatic rings. The van der Waals surface area contributed by atoms with Gasteiger partial charge in [-0.2, -0.15) is 0 Å². The lowest BCUT2D eigenvalue weighted by atomic mass is 10.1. The number of rotatable bonds is 14. The summed E-state index contributed by atoms with van der Waals surface area (Å²) in [6.07, 6.45) is 2.17. The highest BCUT2D eigenvalue weighted by Gasteiger charge is 2.25. The highest BCUT2D eigenvalue weighted by molar-refractivity contribution is 8.64. The first-order valence-corrected chi connectivity index (χ1v) is 12.2. The van der Waals surface area contributed by atoms with Crippen molar-refractivity contribution >= 4 is 39.7 Å². The van der Waals surface area contributed by atoms with Gasteiger partial charge >= 0.3 is 5.97 Å². The van der Waals surface area contributed by atoms with E-state index in [0.29, 0.717) is 25.7 Å². The Morgan fingerprint density at radius 3 is 2.29 bits per heavy atom. The fourth-order valence-corrected chi connectivity index (χ4v) is 4.37. The maximum atomic E-state index is 12.4. The maximum absolute atomic E-state index is 12.4. The minimum atomic E-state index is -0.663. The Morgan fingerprint density at radius 2 is 1.79 bits per heavy atom. The van der Waals surface area contributed by atoms with Crippen molar-refractivity contribution in [3.8, 4) is 0 Å². The molecule has 0 aromatic carbocycles. The van der Waals surface area contributed by atoms with Crippen molar-refractivity contribution in [2.75, 3.05) is 34.1 Å². The van der Waals surface area contributed by atoms with Crippen LogP contribution in [-0.4, -0.2) is 64.4 Å². The van der Waals surface area contributed by atoms with Gasteiger partial charge < -0.3 is 24.8 Å². The van der Waals surface area contributed by atoms with Crippen LogP contribution >= 0.6 is 27.8 Å². The Balaban J connectivity index is 4.53. The molecule has 4 unspecified atom stereocenters. The molecule has 0 saturated carbocycles. The van der Waals surface area contributed by atoms with Gasteiger partial charge in [0.25, 0.3) is 0 Å². The Kier molecular flexibility index (Phi) is 15.3. The van der Waals surface area contributed by atoms with Gasteiger partial charge in [-0.25, -0.2) is 4.79 Å². The molecule has 2 N–H and O–H groups in total. The Morgan fingerprint density at radius 1 is 1.12 bits per heavy atom. The topological polar surface area (TPSA) is 85.9 Å². The van der Waals surface area contributed by atoms with Crippen molar-refractivity contribution in [3.63, 3.8) is 0 Å². The summed E-state index contributed by atoms with van der Waals surface area (Å²) in [5.41, 5.74) is 0. The molecule has 4 atom stereocenters. The standard InChI is InChI=1S/C14H30N2O5P2S/c1-15-10(8-9-24-23-22)13(17)16-11(14(18)21-4)6-5-7-12(19-2)20-3/h10-12,15,23H,5-9,22H2,1-4H3,(H,16,17). The molecule has 1 amide bonds. The van der Waals surface area contributed by atoms with Gasteiger partial charge in [-0.1, -0.05) is 0 Å². The maximum Gasteiger partial charge on any atom is 0.328 e. The number of hydrogen-bond donors (Lipinski definition) is 2. The van der Waals surface area contributed by atoms with Crippen LogP contribution in [0.4, 0.5) is 0 Å². The Labute approximate surface area is 152 Å². The van der Waals surface area contributed by atoms with Crippen LogP contribution in [0.15, 0.2) is 0 Å². The molecule has 7 nitrogen and oxygen atoms in total. The van der Waals surface area contributed by atoms with E-state index < -0.39 is 12.0 Å². The average molecular weight is 400 g/mol. The van der Waals surface area contributed by atoms with Crippen molar-refractivity contribution in [3.05, 3.63) is 0 Å². The van der Waals surface area contributed by atoms with Crippen LogP contribution in [0.1, 0.15) is 25.7 Å². The second-order valence-electron chi connectivity index (χ2n) is 5.01. The lowest BCUT2D eigenvalue weighted by Gasteiger charge is -2.21. The second kappa shape index (κ2) is 15.3. The summed E-state index contributed by atoms with van der Waals surface area (Å²) in [5, 5.41) is 5.78. The fraction of sp³-hybridized carbons (Fsp3) is 0.857. The molecule has 0 spiro atoms.